The van der Waals surface area contributed by atoms with Gasteiger partial charge in [-0.3, -0.25) is 4.40 Å². The number of fused-ring (bicyclic) bond motifs is 1. The molecule has 1 aromatic carbocycles. The minimum absolute atomic E-state index is 0.200. The van der Waals surface area contributed by atoms with Crippen molar-refractivity contribution in [3.05, 3.63) is 66.2 Å². The Labute approximate surface area is 189 Å². The number of rotatable bonds is 7. The molecule has 3 aromatic rings. The van der Waals surface area contributed by atoms with Crippen LogP contribution in [0.4, 0.5) is 10.2 Å². The Balaban J connectivity index is 0.00000141. The zero-order valence-electron chi connectivity index (χ0n) is 19.4. The molecule has 1 saturated carbocycles. The van der Waals surface area contributed by atoms with E-state index in [0.717, 1.165) is 30.6 Å². The largest absolute Gasteiger partial charge is 0.459 e. The number of nitrogens with zero attached hydrogens (tertiary/aromatic N) is 3. The third-order valence-electron chi connectivity index (χ3n) is 5.53. The van der Waals surface area contributed by atoms with Gasteiger partial charge in [-0.1, -0.05) is 46.3 Å². The summed E-state index contributed by atoms with van der Waals surface area (Å²) in [7, 11) is 0. The van der Waals surface area contributed by atoms with Crippen molar-refractivity contribution in [1.82, 2.24) is 14.4 Å². The van der Waals surface area contributed by atoms with Gasteiger partial charge >= 0.3 is 0 Å². The summed E-state index contributed by atoms with van der Waals surface area (Å²) in [4.78, 5) is 9.08. The smallest absolute Gasteiger partial charge is 0.166 e. The molecule has 1 aliphatic rings. The lowest BCUT2D eigenvalue weighted by Gasteiger charge is -2.23. The topological polar surface area (TPSA) is 65.4 Å². The molecule has 0 saturated heterocycles. The van der Waals surface area contributed by atoms with Gasteiger partial charge in [-0.05, 0) is 43.5 Å². The molecule has 1 aliphatic carbocycles. The van der Waals surface area contributed by atoms with Crippen LogP contribution in [0.2, 0.25) is 0 Å². The fourth-order valence-electron chi connectivity index (χ4n) is 3.65. The van der Waals surface area contributed by atoms with E-state index in [4.69, 9.17) is 15.5 Å². The van der Waals surface area contributed by atoms with Crippen molar-refractivity contribution >= 4 is 11.3 Å². The fourth-order valence-corrected chi connectivity index (χ4v) is 3.65. The van der Waals surface area contributed by atoms with Crippen LogP contribution >= 0.6 is 0 Å². The molecule has 0 aliphatic heterocycles. The van der Waals surface area contributed by atoms with Crippen LogP contribution in [0.1, 0.15) is 71.5 Å². The number of anilines is 1. The van der Waals surface area contributed by atoms with E-state index in [0.29, 0.717) is 35.2 Å². The van der Waals surface area contributed by atoms with E-state index in [-0.39, 0.29) is 5.75 Å². The Morgan fingerprint density at radius 2 is 2.06 bits per heavy atom. The van der Waals surface area contributed by atoms with Gasteiger partial charge in [0.1, 0.15) is 28.6 Å². The molecule has 0 radical (unpaired) electrons. The lowest BCUT2D eigenvalue weighted by Crippen LogP contribution is -2.12. The number of hydrogen-bond donors (Lipinski definition) is 1. The van der Waals surface area contributed by atoms with E-state index in [1.54, 1.807) is 12.3 Å². The highest BCUT2D eigenvalue weighted by atomic mass is 19.1. The molecule has 0 unspecified atom stereocenters. The first kappa shape index (κ1) is 23.5. The molecule has 5 nitrogen and oxygen atoms in total. The highest BCUT2D eigenvalue weighted by Gasteiger charge is 2.27. The standard InChI is InChI=1S/C24H27FN4O.C2H6/c1-3-5-6-10-18(4-2)30-20-12-11-17(15-19(20)25)21-22-23(26)27-13-14-29(22)24(28-21)16-8-7-9-16;1-2/h5-6,10-16H,3-4,7-9H2,1-2H3,(H2,26,27);1-2H3/b6-5-,18-10+;. The Morgan fingerprint density at radius 3 is 2.69 bits per heavy atom. The number of benzene rings is 1. The molecule has 2 aromatic heterocycles. The second kappa shape index (κ2) is 10.9. The molecule has 4 rings (SSSR count). The molecule has 6 heteroatoms. The number of nitrogen functional groups attached to an aromatic ring is 1. The van der Waals surface area contributed by atoms with E-state index in [9.17, 15) is 4.39 Å². The number of allylic oxidation sites excluding steroid dienone is 4. The molecular formula is C26H33FN4O. The van der Waals surface area contributed by atoms with Crippen molar-refractivity contribution in [1.29, 1.82) is 0 Å². The van der Waals surface area contributed by atoms with Crippen molar-refractivity contribution in [2.75, 3.05) is 5.73 Å². The van der Waals surface area contributed by atoms with Crippen LogP contribution in [0.5, 0.6) is 5.75 Å². The summed E-state index contributed by atoms with van der Waals surface area (Å²) < 4.78 is 22.7. The molecule has 0 spiro atoms. The molecule has 0 atom stereocenters. The van der Waals surface area contributed by atoms with Gasteiger partial charge in [0.05, 0.1) is 0 Å². The van der Waals surface area contributed by atoms with Gasteiger partial charge in [0, 0.05) is 30.3 Å². The molecule has 2 N–H and O–H groups in total. The van der Waals surface area contributed by atoms with Gasteiger partial charge in [-0.2, -0.15) is 0 Å². The van der Waals surface area contributed by atoms with Crippen LogP contribution in [0.15, 0.2) is 54.6 Å². The van der Waals surface area contributed by atoms with Gasteiger partial charge in [0.2, 0.25) is 0 Å². The van der Waals surface area contributed by atoms with Crippen molar-refractivity contribution in [3.8, 4) is 17.0 Å². The van der Waals surface area contributed by atoms with Crippen molar-refractivity contribution < 1.29 is 9.13 Å². The Morgan fingerprint density at radius 1 is 1.28 bits per heavy atom. The quantitative estimate of drug-likeness (QED) is 0.318. The van der Waals surface area contributed by atoms with Gasteiger partial charge in [-0.25, -0.2) is 14.4 Å². The summed E-state index contributed by atoms with van der Waals surface area (Å²) in [6.45, 7) is 8.04. The van der Waals surface area contributed by atoms with Gasteiger partial charge in [-0.15, -0.1) is 0 Å². The van der Waals surface area contributed by atoms with E-state index in [1.165, 1.54) is 12.5 Å². The maximum Gasteiger partial charge on any atom is 0.166 e. The average Bonchev–Trinajstić information content (AvgIpc) is 3.15. The van der Waals surface area contributed by atoms with Crippen LogP contribution in [0, 0.1) is 5.82 Å². The SMILES string of the molecule is CC.CC/C=C\C=C(/CC)Oc1ccc(-c2nc(C3CCC3)n3ccnc(N)c23)cc1F. The number of halogens is 1. The molecule has 0 amide bonds. The van der Waals surface area contributed by atoms with Crippen LogP contribution in [0.25, 0.3) is 16.8 Å². The van der Waals surface area contributed by atoms with E-state index in [1.807, 2.05) is 55.7 Å². The first-order valence-corrected chi connectivity index (χ1v) is 11.6. The maximum absolute atomic E-state index is 14.9. The van der Waals surface area contributed by atoms with Crippen molar-refractivity contribution in [3.63, 3.8) is 0 Å². The molecule has 32 heavy (non-hydrogen) atoms. The van der Waals surface area contributed by atoms with E-state index < -0.39 is 5.82 Å². The molecular weight excluding hydrogens is 403 g/mol. The highest BCUT2D eigenvalue weighted by Crippen LogP contribution is 2.39. The molecule has 2 heterocycles. The summed E-state index contributed by atoms with van der Waals surface area (Å²) in [5, 5.41) is 0. The Bertz CT molecular complexity index is 1110. The van der Waals surface area contributed by atoms with Gasteiger partial charge in [0.15, 0.2) is 11.6 Å². The zero-order valence-corrected chi connectivity index (χ0v) is 19.4. The summed E-state index contributed by atoms with van der Waals surface area (Å²) in [5.74, 6) is 2.25. The first-order valence-electron chi connectivity index (χ1n) is 11.6. The lowest BCUT2D eigenvalue weighted by atomic mass is 9.85. The molecule has 170 valence electrons. The van der Waals surface area contributed by atoms with Gasteiger partial charge < -0.3 is 10.5 Å². The minimum Gasteiger partial charge on any atom is -0.459 e. The molecule has 0 bridgehead atoms. The summed E-state index contributed by atoms with van der Waals surface area (Å²) in [6.07, 6.45) is 14.4. The average molecular weight is 437 g/mol. The third kappa shape index (κ3) is 4.85. The maximum atomic E-state index is 14.9. The first-order chi connectivity index (χ1) is 15.6. The second-order valence-electron chi connectivity index (χ2n) is 7.55. The Kier molecular flexibility index (Phi) is 8.03. The molecule has 1 fully saturated rings. The number of aromatic nitrogens is 3. The van der Waals surface area contributed by atoms with Crippen LogP contribution in [0.3, 0.4) is 0 Å². The monoisotopic (exact) mass is 436 g/mol. The summed E-state index contributed by atoms with van der Waals surface area (Å²) in [5.41, 5.74) is 8.22. The van der Waals surface area contributed by atoms with E-state index in [2.05, 4.69) is 11.9 Å². The highest BCUT2D eigenvalue weighted by molar-refractivity contribution is 5.85. The second-order valence-corrected chi connectivity index (χ2v) is 7.55. The van der Waals surface area contributed by atoms with Gasteiger partial charge in [0.25, 0.3) is 0 Å². The summed E-state index contributed by atoms with van der Waals surface area (Å²) >= 11 is 0. The fraction of sp³-hybridized carbons (Fsp3) is 0.385. The predicted molar refractivity (Wildman–Crippen MR) is 129 cm³/mol. The van der Waals surface area contributed by atoms with Crippen LogP contribution in [-0.2, 0) is 0 Å². The lowest BCUT2D eigenvalue weighted by molar-refractivity contribution is 0.384. The third-order valence-corrected chi connectivity index (χ3v) is 5.53. The predicted octanol–water partition coefficient (Wildman–Crippen LogP) is 7.05. The zero-order chi connectivity index (χ0) is 23.1. The van der Waals surface area contributed by atoms with Crippen LogP contribution < -0.4 is 10.5 Å². The van der Waals surface area contributed by atoms with Crippen molar-refractivity contribution in [2.45, 2.75) is 65.7 Å². The minimum atomic E-state index is -0.430. The summed E-state index contributed by atoms with van der Waals surface area (Å²) in [6, 6.07) is 4.94. The number of ether oxygens (including phenoxy) is 1. The normalized spacial score (nSPS) is 14.3. The van der Waals surface area contributed by atoms with E-state index >= 15 is 0 Å². The van der Waals surface area contributed by atoms with Crippen molar-refractivity contribution in [2.24, 2.45) is 0 Å². The van der Waals surface area contributed by atoms with Crippen LogP contribution in [-0.4, -0.2) is 14.4 Å². The number of hydrogen-bond acceptors (Lipinski definition) is 4. The number of nitrogens with two attached hydrogens (primary N) is 1. The Hall–Kier alpha value is -3.15. The number of imidazole rings is 1.